The van der Waals surface area contributed by atoms with Gasteiger partial charge in [-0.15, -0.1) is 0 Å². The molecule has 0 fully saturated rings. The first-order valence-electron chi connectivity index (χ1n) is 11.2. The van der Waals surface area contributed by atoms with Crippen molar-refractivity contribution in [3.05, 3.63) is 59.7 Å². The summed E-state index contributed by atoms with van der Waals surface area (Å²) < 4.78 is 45.6. The van der Waals surface area contributed by atoms with Crippen LogP contribution in [0, 0.1) is 5.92 Å². The summed E-state index contributed by atoms with van der Waals surface area (Å²) in [6.07, 6.45) is -7.30. The molecule has 0 saturated heterocycles. The second-order valence-corrected chi connectivity index (χ2v) is 8.59. The third-order valence-electron chi connectivity index (χ3n) is 6.22. The molecule has 3 N–H and O–H groups in total. The predicted molar refractivity (Wildman–Crippen MR) is 122 cm³/mol. The van der Waals surface area contributed by atoms with Gasteiger partial charge in [0, 0.05) is 18.4 Å². The van der Waals surface area contributed by atoms with Crippen LogP contribution < -0.4 is 10.6 Å². The highest BCUT2D eigenvalue weighted by molar-refractivity contribution is 5.79. The summed E-state index contributed by atoms with van der Waals surface area (Å²) in [5, 5.41) is 13.2. The number of hydrogen-bond acceptors (Lipinski definition) is 4. The summed E-state index contributed by atoms with van der Waals surface area (Å²) in [6.45, 7) is 2.69. The normalized spacial score (nSPS) is 15.3. The lowest BCUT2D eigenvalue weighted by atomic mass is 9.98. The summed E-state index contributed by atoms with van der Waals surface area (Å²) in [4.78, 5) is 35.3. The number of hydrogen-bond donors (Lipinski definition) is 3. The highest BCUT2D eigenvalue weighted by Gasteiger charge is 2.41. The minimum absolute atomic E-state index is 0.143. The van der Waals surface area contributed by atoms with Crippen molar-refractivity contribution in [2.45, 2.75) is 50.9 Å². The number of carbonyl (C=O) groups excluding carboxylic acids is 2. The fourth-order valence-electron chi connectivity index (χ4n) is 4.04. The SMILES string of the molecule is CC(NC(=O)CC[C@H](NC(=O)OCC1c2ccccc2-c2ccccc21)C(F)(F)F)C(C)C(=O)O. The smallest absolute Gasteiger partial charge is 0.408 e. The number of benzene rings is 2. The topological polar surface area (TPSA) is 105 Å². The van der Waals surface area contributed by atoms with Crippen LogP contribution in [0.4, 0.5) is 18.0 Å². The molecule has 10 heteroatoms. The van der Waals surface area contributed by atoms with Crippen molar-refractivity contribution in [2.24, 2.45) is 5.92 Å². The number of halogens is 3. The van der Waals surface area contributed by atoms with Crippen molar-refractivity contribution in [1.29, 1.82) is 0 Å². The number of aliphatic carboxylic acids is 1. The Bertz CT molecular complexity index is 1040. The standard InChI is InChI=1S/C25H27F3N2O5/c1-14(23(32)33)15(2)29-22(31)12-11-21(25(26,27)28)30-24(34)35-13-20-18-9-5-3-7-16(18)17-8-4-6-10-19(17)20/h3-10,14-15,20-21H,11-13H2,1-2H3,(H,29,31)(H,30,34)(H,32,33)/t14?,15?,21-/m0/s1. The number of carboxylic acids is 1. The first kappa shape index (κ1) is 26.1. The van der Waals surface area contributed by atoms with Gasteiger partial charge in [-0.1, -0.05) is 48.5 Å². The van der Waals surface area contributed by atoms with Crippen LogP contribution in [0.3, 0.4) is 0 Å². The zero-order chi connectivity index (χ0) is 25.8. The van der Waals surface area contributed by atoms with Gasteiger partial charge in [-0.2, -0.15) is 13.2 Å². The number of carbonyl (C=O) groups is 3. The average Bonchev–Trinajstić information content (AvgIpc) is 3.12. The molecule has 3 rings (SSSR count). The Hall–Kier alpha value is -3.56. The highest BCUT2D eigenvalue weighted by Crippen LogP contribution is 2.44. The largest absolute Gasteiger partial charge is 0.481 e. The molecule has 0 heterocycles. The Balaban J connectivity index is 1.58. The molecule has 0 aromatic heterocycles. The number of ether oxygens (including phenoxy) is 1. The van der Waals surface area contributed by atoms with Gasteiger partial charge in [0.05, 0.1) is 5.92 Å². The molecule has 2 aromatic carbocycles. The Morgan fingerprint density at radius 3 is 2.03 bits per heavy atom. The van der Waals surface area contributed by atoms with Crippen LogP contribution >= 0.6 is 0 Å². The Morgan fingerprint density at radius 1 is 0.971 bits per heavy atom. The van der Waals surface area contributed by atoms with Crippen LogP contribution in [-0.2, 0) is 14.3 Å². The molecule has 2 unspecified atom stereocenters. The number of alkyl halides is 3. The molecule has 0 aliphatic heterocycles. The lowest BCUT2D eigenvalue weighted by Crippen LogP contribution is -2.47. The molecule has 7 nitrogen and oxygen atoms in total. The monoisotopic (exact) mass is 492 g/mol. The van der Waals surface area contributed by atoms with Crippen LogP contribution in [0.15, 0.2) is 48.5 Å². The zero-order valence-corrected chi connectivity index (χ0v) is 19.3. The van der Waals surface area contributed by atoms with E-state index in [9.17, 15) is 27.6 Å². The van der Waals surface area contributed by atoms with E-state index in [1.807, 2.05) is 53.8 Å². The third-order valence-corrected chi connectivity index (χ3v) is 6.22. The maximum Gasteiger partial charge on any atom is 0.408 e. The highest BCUT2D eigenvalue weighted by atomic mass is 19.4. The summed E-state index contributed by atoms with van der Waals surface area (Å²) in [5.74, 6) is -3.09. The van der Waals surface area contributed by atoms with E-state index in [0.717, 1.165) is 22.3 Å². The van der Waals surface area contributed by atoms with Crippen molar-refractivity contribution >= 4 is 18.0 Å². The van der Waals surface area contributed by atoms with E-state index in [-0.39, 0.29) is 12.5 Å². The van der Waals surface area contributed by atoms with E-state index < -0.39 is 55.0 Å². The van der Waals surface area contributed by atoms with E-state index in [1.54, 1.807) is 0 Å². The first-order valence-corrected chi connectivity index (χ1v) is 11.2. The van der Waals surface area contributed by atoms with E-state index in [4.69, 9.17) is 9.84 Å². The van der Waals surface area contributed by atoms with Crippen molar-refractivity contribution in [1.82, 2.24) is 10.6 Å². The predicted octanol–water partition coefficient (Wildman–Crippen LogP) is 4.46. The lowest BCUT2D eigenvalue weighted by molar-refractivity contribution is -0.156. The lowest BCUT2D eigenvalue weighted by Gasteiger charge is -2.23. The van der Waals surface area contributed by atoms with Crippen LogP contribution in [-0.4, -0.2) is 47.9 Å². The molecule has 0 bridgehead atoms. The molecule has 2 amide bonds. The Kier molecular flexibility index (Phi) is 8.03. The van der Waals surface area contributed by atoms with Crippen LogP contribution in [0.2, 0.25) is 0 Å². The third kappa shape index (κ3) is 6.32. The molecule has 0 spiro atoms. The molecule has 2 aromatic rings. The van der Waals surface area contributed by atoms with E-state index in [1.165, 1.54) is 13.8 Å². The Morgan fingerprint density at radius 2 is 1.51 bits per heavy atom. The van der Waals surface area contributed by atoms with E-state index >= 15 is 0 Å². The van der Waals surface area contributed by atoms with Gasteiger partial charge >= 0.3 is 18.2 Å². The minimum Gasteiger partial charge on any atom is -0.481 e. The second kappa shape index (κ2) is 10.8. The van der Waals surface area contributed by atoms with Crippen molar-refractivity contribution < 1.29 is 37.4 Å². The van der Waals surface area contributed by atoms with Gasteiger partial charge in [-0.25, -0.2) is 4.79 Å². The van der Waals surface area contributed by atoms with E-state index in [0.29, 0.717) is 0 Å². The van der Waals surface area contributed by atoms with Gasteiger partial charge in [0.15, 0.2) is 0 Å². The number of fused-ring (bicyclic) bond motifs is 3. The van der Waals surface area contributed by atoms with Gasteiger partial charge in [-0.3, -0.25) is 9.59 Å². The Labute approximate surface area is 200 Å². The van der Waals surface area contributed by atoms with Gasteiger partial charge in [0.1, 0.15) is 12.6 Å². The molecule has 0 radical (unpaired) electrons. The van der Waals surface area contributed by atoms with Gasteiger partial charge in [0.25, 0.3) is 0 Å². The molecular weight excluding hydrogens is 465 g/mol. The number of alkyl carbamates (subject to hydrolysis) is 1. The van der Waals surface area contributed by atoms with Crippen LogP contribution in [0.1, 0.15) is 43.7 Å². The van der Waals surface area contributed by atoms with Crippen molar-refractivity contribution in [3.8, 4) is 11.1 Å². The maximum atomic E-state index is 13.5. The minimum atomic E-state index is -4.80. The summed E-state index contributed by atoms with van der Waals surface area (Å²) in [7, 11) is 0. The van der Waals surface area contributed by atoms with Crippen molar-refractivity contribution in [3.63, 3.8) is 0 Å². The molecular formula is C25H27F3N2O5. The number of nitrogens with one attached hydrogen (secondary N) is 2. The molecule has 35 heavy (non-hydrogen) atoms. The number of amides is 2. The molecule has 1 aliphatic carbocycles. The summed E-state index contributed by atoms with van der Waals surface area (Å²) in [6, 6.07) is 12.1. The quantitative estimate of drug-likeness (QED) is 0.479. The molecule has 1 aliphatic rings. The fraction of sp³-hybridized carbons (Fsp3) is 0.400. The fourth-order valence-corrected chi connectivity index (χ4v) is 4.04. The molecule has 3 atom stereocenters. The maximum absolute atomic E-state index is 13.5. The van der Waals surface area contributed by atoms with Gasteiger partial charge < -0.3 is 20.5 Å². The average molecular weight is 492 g/mol. The van der Waals surface area contributed by atoms with Crippen molar-refractivity contribution in [2.75, 3.05) is 6.61 Å². The zero-order valence-electron chi connectivity index (χ0n) is 19.3. The molecule has 188 valence electrons. The molecule has 0 saturated carbocycles. The number of rotatable bonds is 9. The van der Waals surface area contributed by atoms with Gasteiger partial charge in [0.2, 0.25) is 5.91 Å². The van der Waals surface area contributed by atoms with Crippen LogP contribution in [0.5, 0.6) is 0 Å². The van der Waals surface area contributed by atoms with Crippen LogP contribution in [0.25, 0.3) is 11.1 Å². The first-order chi connectivity index (χ1) is 16.5. The summed E-state index contributed by atoms with van der Waals surface area (Å²) >= 11 is 0. The van der Waals surface area contributed by atoms with Gasteiger partial charge in [-0.05, 0) is 42.5 Å². The number of carboxylic acid groups (broad SMARTS) is 1. The summed E-state index contributed by atoms with van der Waals surface area (Å²) in [5.41, 5.74) is 3.83. The van der Waals surface area contributed by atoms with E-state index in [2.05, 4.69) is 5.32 Å². The second-order valence-electron chi connectivity index (χ2n) is 8.59.